The van der Waals surface area contributed by atoms with Gasteiger partial charge in [0.15, 0.2) is 0 Å². The molecule has 0 saturated heterocycles. The maximum absolute atomic E-state index is 7.13. The molecule has 1 aliphatic rings. The van der Waals surface area contributed by atoms with Crippen molar-refractivity contribution in [2.24, 2.45) is 18.1 Å². The minimum atomic E-state index is -3.33. The van der Waals surface area contributed by atoms with Gasteiger partial charge in [0.05, 0.1) is 0 Å². The molecule has 4 aromatic rings. The molecule has 0 aliphatic carbocycles. The molecule has 0 saturated carbocycles. The standard InChI is InChI=1S/C24H20Cl4N4P4S4/c25-33(26)29-35(37-21-13-5-1-6-14-21,38-22-15-7-2-8-16-22)30-34(27,28)32-36(31-33,39-23-17-9-3-10-18-23)40-24-19-11-4-12-20-24/h1-20H. The van der Waals surface area contributed by atoms with Crippen molar-refractivity contribution in [2.75, 3.05) is 0 Å². The summed E-state index contributed by atoms with van der Waals surface area (Å²) in [5, 5.41) is 0. The van der Waals surface area contributed by atoms with E-state index in [1.54, 1.807) is 0 Å². The molecule has 0 amide bonds. The summed E-state index contributed by atoms with van der Waals surface area (Å²) in [5.41, 5.74) is -5.81. The summed E-state index contributed by atoms with van der Waals surface area (Å²) in [6.45, 7) is 0. The zero-order chi connectivity index (χ0) is 28.1. The Kier molecular flexibility index (Phi) is 11.1. The van der Waals surface area contributed by atoms with Gasteiger partial charge >= 0.3 is 0 Å². The van der Waals surface area contributed by atoms with E-state index in [0.29, 0.717) is 0 Å². The van der Waals surface area contributed by atoms with Crippen molar-refractivity contribution in [1.29, 1.82) is 0 Å². The third-order valence-corrected chi connectivity index (χ3v) is 32.9. The van der Waals surface area contributed by atoms with Crippen molar-refractivity contribution in [2.45, 2.75) is 19.6 Å². The molecule has 0 unspecified atom stereocenters. The molecule has 16 heteroatoms. The van der Waals surface area contributed by atoms with Crippen LogP contribution >= 0.6 is 114 Å². The molecule has 208 valence electrons. The normalized spacial score (nSPS) is 18.5. The Morgan fingerprint density at radius 1 is 0.350 bits per heavy atom. The second kappa shape index (κ2) is 14.0. The largest absolute Gasteiger partial charge is 0.256 e. The molecule has 0 fully saturated rings. The van der Waals surface area contributed by atoms with E-state index in [1.807, 2.05) is 121 Å². The Labute approximate surface area is 270 Å². The number of halogens is 4. The molecule has 40 heavy (non-hydrogen) atoms. The molecule has 1 aliphatic heterocycles. The molecular formula is C24H20Cl4N4P4S4. The number of hydrogen-bond donors (Lipinski definition) is 0. The molecule has 5 rings (SSSR count). The van der Waals surface area contributed by atoms with Gasteiger partial charge in [-0.05, 0) is 139 Å². The van der Waals surface area contributed by atoms with E-state index in [1.165, 1.54) is 45.5 Å². The quantitative estimate of drug-likeness (QED) is 0.168. The van der Waals surface area contributed by atoms with Crippen LogP contribution in [0.5, 0.6) is 0 Å². The van der Waals surface area contributed by atoms with Crippen LogP contribution in [0.2, 0.25) is 0 Å². The van der Waals surface area contributed by atoms with Crippen molar-refractivity contribution in [3.05, 3.63) is 121 Å². The Hall–Kier alpha value is 0.360. The van der Waals surface area contributed by atoms with Crippen LogP contribution in [0.25, 0.3) is 0 Å². The zero-order valence-electron chi connectivity index (χ0n) is 20.3. The third-order valence-electron chi connectivity index (χ3n) is 4.75. The first-order valence-electron chi connectivity index (χ1n) is 11.5. The first-order chi connectivity index (χ1) is 19.1. The second-order valence-electron chi connectivity index (χ2n) is 7.87. The lowest BCUT2D eigenvalue weighted by Crippen LogP contribution is -1.78. The summed E-state index contributed by atoms with van der Waals surface area (Å²) >= 11 is 34.4. The van der Waals surface area contributed by atoms with Gasteiger partial charge in [0.25, 0.3) is 11.8 Å². The van der Waals surface area contributed by atoms with Gasteiger partial charge in [-0.1, -0.05) is 72.8 Å². The molecule has 0 atom stereocenters. The summed E-state index contributed by atoms with van der Waals surface area (Å²) in [4.78, 5) is 3.81. The van der Waals surface area contributed by atoms with Gasteiger partial charge in [-0.2, -0.15) is 18.1 Å². The van der Waals surface area contributed by atoms with Crippen molar-refractivity contribution in [3.63, 3.8) is 0 Å². The van der Waals surface area contributed by atoms with Gasteiger partial charge in [0, 0.05) is 19.6 Å². The number of rotatable bonds is 8. The fourth-order valence-electron chi connectivity index (χ4n) is 3.27. The smallest absolute Gasteiger partial charge is 0.193 e. The molecular weight excluding hydrogens is 738 g/mol. The minimum absolute atomic E-state index is 0.951. The van der Waals surface area contributed by atoms with E-state index >= 15 is 0 Å². The van der Waals surface area contributed by atoms with Crippen molar-refractivity contribution >= 4 is 114 Å². The maximum atomic E-state index is 7.13. The lowest BCUT2D eigenvalue weighted by atomic mass is 10.4. The maximum Gasteiger partial charge on any atom is 0.256 e. The van der Waals surface area contributed by atoms with E-state index in [2.05, 4.69) is 0 Å². The highest BCUT2D eigenvalue weighted by Crippen LogP contribution is 2.94. The minimum Gasteiger partial charge on any atom is -0.193 e. The highest BCUT2D eigenvalue weighted by Gasteiger charge is 2.37. The molecule has 1 heterocycles. The number of nitrogens with zero attached hydrogens (tertiary/aromatic N) is 4. The molecule has 0 bridgehead atoms. The predicted molar refractivity (Wildman–Crippen MR) is 190 cm³/mol. The molecule has 0 N–H and O–H groups in total. The van der Waals surface area contributed by atoms with E-state index in [9.17, 15) is 0 Å². The van der Waals surface area contributed by atoms with Gasteiger partial charge in [-0.3, -0.25) is 0 Å². The summed E-state index contributed by atoms with van der Waals surface area (Å²) in [6.07, 6.45) is 0. The van der Waals surface area contributed by atoms with Crippen molar-refractivity contribution in [1.82, 2.24) is 0 Å². The van der Waals surface area contributed by atoms with Gasteiger partial charge in [-0.15, -0.1) is 0 Å². The summed E-state index contributed by atoms with van der Waals surface area (Å²) < 4.78 is 20.4. The second-order valence-corrected chi connectivity index (χ2v) is 33.5. The predicted octanol–water partition coefficient (Wildman–Crippen LogP) is 15.9. The SMILES string of the molecule is ClP1(Cl)=NP(Sc2ccccc2)(Sc2ccccc2)=NP(Cl)(Cl)=NP(Sc2ccccc2)(Sc2ccccc2)=N1. The monoisotopic (exact) mass is 756 g/mol. The average molecular weight is 758 g/mol. The van der Waals surface area contributed by atoms with Crippen LogP contribution in [-0.2, 0) is 0 Å². The Morgan fingerprint density at radius 2 is 0.575 bits per heavy atom. The van der Waals surface area contributed by atoms with Crippen LogP contribution in [0.3, 0.4) is 0 Å². The molecule has 4 aromatic carbocycles. The Bertz CT molecular complexity index is 1470. The zero-order valence-corrected chi connectivity index (χ0v) is 30.1. The van der Waals surface area contributed by atoms with E-state index in [4.69, 9.17) is 63.0 Å². The molecule has 4 nitrogen and oxygen atoms in total. The van der Waals surface area contributed by atoms with Crippen LogP contribution in [0, 0.1) is 0 Å². The van der Waals surface area contributed by atoms with Gasteiger partial charge in [-0.25, -0.2) is 0 Å². The highest BCUT2D eigenvalue weighted by molar-refractivity contribution is 8.93. The lowest BCUT2D eigenvalue weighted by molar-refractivity contribution is 1.47. The fraction of sp³-hybridized carbons (Fsp3) is 0. The summed E-state index contributed by atoms with van der Waals surface area (Å²) in [7, 11) is 0. The van der Waals surface area contributed by atoms with Gasteiger partial charge in [0.1, 0.15) is 0 Å². The first kappa shape index (κ1) is 31.8. The topological polar surface area (TPSA) is 49.4 Å². The molecule has 0 spiro atoms. The van der Waals surface area contributed by atoms with Crippen LogP contribution in [0.1, 0.15) is 0 Å². The first-order valence-corrected chi connectivity index (χ1v) is 27.6. The molecule has 0 aromatic heterocycles. The van der Waals surface area contributed by atoms with Crippen molar-refractivity contribution < 1.29 is 0 Å². The lowest BCUT2D eigenvalue weighted by Gasteiger charge is -2.28. The van der Waals surface area contributed by atoms with E-state index in [0.717, 1.165) is 19.6 Å². The Morgan fingerprint density at radius 3 is 0.800 bits per heavy atom. The highest BCUT2D eigenvalue weighted by atomic mass is 35.9. The summed E-state index contributed by atoms with van der Waals surface area (Å²) in [5.74, 6) is -6.66. The van der Waals surface area contributed by atoms with Crippen LogP contribution in [-0.4, -0.2) is 0 Å². The van der Waals surface area contributed by atoms with E-state index < -0.39 is 23.0 Å². The summed E-state index contributed by atoms with van der Waals surface area (Å²) in [6, 6.07) is 39.5. The average Bonchev–Trinajstić information content (AvgIpc) is 2.89. The van der Waals surface area contributed by atoms with E-state index in [-0.39, 0.29) is 0 Å². The number of benzene rings is 4. The van der Waals surface area contributed by atoms with Crippen LogP contribution in [0.4, 0.5) is 0 Å². The number of hydrogen-bond acceptors (Lipinski definition) is 8. The van der Waals surface area contributed by atoms with Crippen LogP contribution in [0.15, 0.2) is 159 Å². The van der Waals surface area contributed by atoms with Gasteiger partial charge in [0.2, 0.25) is 11.2 Å². The Balaban J connectivity index is 1.74. The van der Waals surface area contributed by atoms with Crippen LogP contribution < -0.4 is 0 Å². The van der Waals surface area contributed by atoms with Crippen molar-refractivity contribution in [3.8, 4) is 0 Å². The fourth-order valence-corrected chi connectivity index (χ4v) is 44.7. The van der Waals surface area contributed by atoms with Gasteiger partial charge < -0.3 is 0 Å². The third kappa shape index (κ3) is 9.18. The molecule has 0 radical (unpaired) electrons.